The fourth-order valence-electron chi connectivity index (χ4n) is 2.55. The monoisotopic (exact) mass is 547 g/mol. The molecule has 1 aromatic rings. The number of aliphatic carboxylic acids is 3. The normalized spacial score (nSPS) is 12.3. The van der Waals surface area contributed by atoms with E-state index in [0.717, 1.165) is 12.5 Å². The Kier molecular flexibility index (Phi) is 14.2. The van der Waals surface area contributed by atoms with Crippen molar-refractivity contribution < 1.29 is 52.5 Å². The predicted molar refractivity (Wildman–Crippen MR) is 128 cm³/mol. The van der Waals surface area contributed by atoms with Crippen molar-refractivity contribution in [3.63, 3.8) is 0 Å². The van der Waals surface area contributed by atoms with Crippen molar-refractivity contribution in [1.82, 2.24) is 10.6 Å². The summed E-state index contributed by atoms with van der Waals surface area (Å²) in [4.78, 5) is 55.8. The Morgan fingerprint density at radius 2 is 1.58 bits per heavy atom. The van der Waals surface area contributed by atoms with Gasteiger partial charge in [0.15, 0.2) is 5.96 Å². The molecule has 13 nitrogen and oxygen atoms in total. The van der Waals surface area contributed by atoms with E-state index in [9.17, 15) is 37.5 Å². The highest BCUT2D eigenvalue weighted by Gasteiger charge is 2.38. The van der Waals surface area contributed by atoms with Gasteiger partial charge in [-0.2, -0.15) is 13.2 Å². The number of alkyl halides is 3. The number of carboxylic acids is 3. The number of benzene rings is 1. The van der Waals surface area contributed by atoms with Crippen LogP contribution in [0.5, 0.6) is 0 Å². The number of unbranched alkanes of at least 4 members (excludes halogenated alkanes) is 1. The van der Waals surface area contributed by atoms with Gasteiger partial charge in [-0.25, -0.2) is 9.59 Å². The number of nitrogens with one attached hydrogen (secondary N) is 4. The minimum absolute atomic E-state index is 0.194. The maximum absolute atomic E-state index is 12.4. The van der Waals surface area contributed by atoms with Crippen LogP contribution in [-0.4, -0.2) is 69.3 Å². The number of halogens is 3. The number of anilines is 1. The lowest BCUT2D eigenvalue weighted by Gasteiger charge is -2.19. The maximum atomic E-state index is 12.4. The molecule has 1 aromatic carbocycles. The van der Waals surface area contributed by atoms with E-state index in [2.05, 4.69) is 16.0 Å². The quantitative estimate of drug-likeness (QED) is 0.106. The highest BCUT2D eigenvalue weighted by Crippen LogP contribution is 2.13. The summed E-state index contributed by atoms with van der Waals surface area (Å²) >= 11 is 0. The fraction of sp³-hybridized carbons (Fsp3) is 0.364. The first-order valence-corrected chi connectivity index (χ1v) is 10.8. The molecule has 210 valence electrons. The van der Waals surface area contributed by atoms with Gasteiger partial charge in [0.2, 0.25) is 11.8 Å². The van der Waals surface area contributed by atoms with Crippen LogP contribution in [-0.2, 0) is 24.0 Å². The first-order valence-electron chi connectivity index (χ1n) is 10.8. The van der Waals surface area contributed by atoms with Gasteiger partial charge in [-0.15, -0.1) is 0 Å². The molecule has 0 fully saturated rings. The largest absolute Gasteiger partial charge is 0.490 e. The van der Waals surface area contributed by atoms with E-state index in [1.54, 1.807) is 24.3 Å². The fourth-order valence-corrected chi connectivity index (χ4v) is 2.55. The minimum atomic E-state index is -5.08. The summed E-state index contributed by atoms with van der Waals surface area (Å²) in [5.74, 6) is -7.12. The summed E-state index contributed by atoms with van der Waals surface area (Å²) in [5.41, 5.74) is 6.45. The van der Waals surface area contributed by atoms with E-state index >= 15 is 0 Å². The second kappa shape index (κ2) is 16.2. The number of hydrogen-bond donors (Lipinski definition) is 8. The Balaban J connectivity index is 0.00000171. The molecule has 0 bridgehead atoms. The van der Waals surface area contributed by atoms with Crippen LogP contribution < -0.4 is 21.7 Å². The van der Waals surface area contributed by atoms with Crippen LogP contribution in [0.25, 0.3) is 6.08 Å². The molecule has 0 unspecified atom stereocenters. The number of carboxylic acid groups (broad SMARTS) is 3. The number of amides is 2. The van der Waals surface area contributed by atoms with Crippen molar-refractivity contribution in [2.75, 3.05) is 5.32 Å². The van der Waals surface area contributed by atoms with Crippen LogP contribution in [0.15, 0.2) is 30.3 Å². The van der Waals surface area contributed by atoms with E-state index in [1.807, 2.05) is 6.92 Å². The lowest BCUT2D eigenvalue weighted by atomic mass is 10.1. The Bertz CT molecular complexity index is 1030. The smallest absolute Gasteiger partial charge is 0.481 e. The van der Waals surface area contributed by atoms with E-state index in [1.165, 1.54) is 6.08 Å². The summed E-state index contributed by atoms with van der Waals surface area (Å²) in [6.07, 6.45) is -1.72. The minimum Gasteiger partial charge on any atom is -0.481 e. The molecular weight excluding hydrogens is 519 g/mol. The zero-order chi connectivity index (χ0) is 29.5. The SMILES string of the molecule is CCCC[C@H](NC(=O)[C@H](CC(=O)O)NC(=O)C=Cc1ccc(NC(=N)N)cc1)C(=O)O.O=C(O)C(F)(F)F. The van der Waals surface area contributed by atoms with Crippen LogP contribution in [0.3, 0.4) is 0 Å². The number of carbonyl (C=O) groups is 5. The second-order valence-electron chi connectivity index (χ2n) is 7.50. The molecule has 0 aliphatic heterocycles. The molecule has 0 saturated heterocycles. The number of rotatable bonds is 12. The first kappa shape index (κ1) is 33.4. The van der Waals surface area contributed by atoms with Gasteiger partial charge in [0, 0.05) is 11.8 Å². The van der Waals surface area contributed by atoms with E-state index < -0.39 is 54.4 Å². The molecule has 0 saturated carbocycles. The zero-order valence-corrected chi connectivity index (χ0v) is 20.0. The molecule has 0 aliphatic carbocycles. The van der Waals surface area contributed by atoms with Gasteiger partial charge in [-0.3, -0.25) is 19.8 Å². The van der Waals surface area contributed by atoms with Crippen molar-refractivity contribution in [3.8, 4) is 0 Å². The lowest BCUT2D eigenvalue weighted by molar-refractivity contribution is -0.192. The molecule has 0 aliphatic rings. The van der Waals surface area contributed by atoms with Crippen LogP contribution in [0.4, 0.5) is 18.9 Å². The molecule has 0 radical (unpaired) electrons. The average Bonchev–Trinajstić information content (AvgIpc) is 2.79. The van der Waals surface area contributed by atoms with Crippen LogP contribution in [0.1, 0.15) is 38.2 Å². The number of guanidine groups is 1. The third-order valence-corrected chi connectivity index (χ3v) is 4.33. The lowest BCUT2D eigenvalue weighted by Crippen LogP contribution is -2.52. The Morgan fingerprint density at radius 1 is 1.03 bits per heavy atom. The number of carbonyl (C=O) groups excluding carboxylic acids is 2. The first-order chi connectivity index (χ1) is 17.6. The molecule has 9 N–H and O–H groups in total. The standard InChI is InChI=1S/C20H27N5O6.C2HF3O2/c1-2-3-4-14(19(30)31)25-18(29)15(11-17(27)28)24-16(26)10-7-12-5-8-13(9-6-12)23-20(21)22;3-2(4,5)1(6)7/h5-10,14-15H,2-4,11H2,1H3,(H,24,26)(H,25,29)(H,27,28)(H,30,31)(H4,21,22,23);(H,6,7)/t14-,15-;/m0./s1. The molecule has 2 atom stereocenters. The maximum Gasteiger partial charge on any atom is 0.490 e. The van der Waals surface area contributed by atoms with E-state index in [4.69, 9.17) is 26.2 Å². The van der Waals surface area contributed by atoms with Crippen molar-refractivity contribution in [2.24, 2.45) is 5.73 Å². The van der Waals surface area contributed by atoms with Gasteiger partial charge in [0.25, 0.3) is 0 Å². The highest BCUT2D eigenvalue weighted by molar-refractivity contribution is 5.97. The molecule has 16 heteroatoms. The Hall–Kier alpha value is -4.63. The Labute approximate surface area is 214 Å². The predicted octanol–water partition coefficient (Wildman–Crippen LogP) is 1.36. The third-order valence-electron chi connectivity index (χ3n) is 4.33. The van der Waals surface area contributed by atoms with Crippen LogP contribution >= 0.6 is 0 Å². The molecule has 38 heavy (non-hydrogen) atoms. The summed E-state index contributed by atoms with van der Waals surface area (Å²) in [5, 5.41) is 39.7. The topological polar surface area (TPSA) is 232 Å². The van der Waals surface area contributed by atoms with Gasteiger partial charge >= 0.3 is 24.1 Å². The van der Waals surface area contributed by atoms with Gasteiger partial charge in [-0.05, 0) is 30.2 Å². The number of nitrogens with two attached hydrogens (primary N) is 1. The van der Waals surface area contributed by atoms with Crippen molar-refractivity contribution in [3.05, 3.63) is 35.9 Å². The third kappa shape index (κ3) is 14.7. The molecule has 1 rings (SSSR count). The molecule has 0 aromatic heterocycles. The van der Waals surface area contributed by atoms with Crippen LogP contribution in [0, 0.1) is 5.41 Å². The van der Waals surface area contributed by atoms with Crippen molar-refractivity contribution in [1.29, 1.82) is 5.41 Å². The molecule has 2 amide bonds. The summed E-state index contributed by atoms with van der Waals surface area (Å²) in [6, 6.07) is 3.99. The molecular formula is C22H28F3N5O8. The van der Waals surface area contributed by atoms with Crippen molar-refractivity contribution in [2.45, 2.75) is 50.9 Å². The number of hydrogen-bond acceptors (Lipinski definition) is 6. The van der Waals surface area contributed by atoms with E-state index in [0.29, 0.717) is 17.7 Å². The molecule has 0 spiro atoms. The van der Waals surface area contributed by atoms with Gasteiger partial charge in [0.1, 0.15) is 12.1 Å². The van der Waals surface area contributed by atoms with Gasteiger partial charge in [-0.1, -0.05) is 31.9 Å². The van der Waals surface area contributed by atoms with E-state index in [-0.39, 0.29) is 12.4 Å². The summed E-state index contributed by atoms with van der Waals surface area (Å²) in [7, 11) is 0. The Morgan fingerprint density at radius 3 is 2.00 bits per heavy atom. The van der Waals surface area contributed by atoms with Crippen molar-refractivity contribution >= 4 is 47.4 Å². The molecule has 0 heterocycles. The second-order valence-corrected chi connectivity index (χ2v) is 7.50. The summed E-state index contributed by atoms with van der Waals surface area (Å²) in [6.45, 7) is 1.87. The van der Waals surface area contributed by atoms with Gasteiger partial charge in [0.05, 0.1) is 6.42 Å². The average molecular weight is 547 g/mol. The summed E-state index contributed by atoms with van der Waals surface area (Å²) < 4.78 is 31.7. The van der Waals surface area contributed by atoms with Crippen LogP contribution in [0.2, 0.25) is 0 Å². The highest BCUT2D eigenvalue weighted by atomic mass is 19.4. The zero-order valence-electron chi connectivity index (χ0n) is 20.0. The van der Waals surface area contributed by atoms with Gasteiger partial charge < -0.3 is 37.0 Å².